The predicted molar refractivity (Wildman–Crippen MR) is 139 cm³/mol. The van der Waals surface area contributed by atoms with Crippen LogP contribution in [0.4, 0.5) is 0 Å². The van der Waals surface area contributed by atoms with Crippen molar-refractivity contribution in [3.8, 4) is 5.69 Å². The summed E-state index contributed by atoms with van der Waals surface area (Å²) >= 11 is 0. The Balaban J connectivity index is 1.65. The molecule has 0 aliphatic rings. The molecule has 0 saturated heterocycles. The second-order valence-corrected chi connectivity index (χ2v) is 8.82. The molecule has 0 atom stereocenters. The number of fused-ring (bicyclic) bond motifs is 1. The minimum Gasteiger partial charge on any atom is -0.467 e. The van der Waals surface area contributed by atoms with Crippen LogP contribution in [-0.2, 0) is 13.1 Å². The number of amides is 1. The van der Waals surface area contributed by atoms with Crippen LogP contribution in [0.2, 0.25) is 0 Å². The van der Waals surface area contributed by atoms with Gasteiger partial charge < -0.3 is 9.73 Å². The number of aryl methyl sites for hydroxylation is 2. The Bertz CT molecular complexity index is 1660. The van der Waals surface area contributed by atoms with Gasteiger partial charge in [0.1, 0.15) is 5.76 Å². The highest BCUT2D eigenvalue weighted by Gasteiger charge is 2.17. The highest BCUT2D eigenvalue weighted by molar-refractivity contribution is 5.97. The Morgan fingerprint density at radius 2 is 1.58 bits per heavy atom. The van der Waals surface area contributed by atoms with E-state index in [4.69, 9.17) is 4.42 Å². The first-order chi connectivity index (χ1) is 17.4. The molecule has 0 radical (unpaired) electrons. The lowest BCUT2D eigenvalue weighted by Crippen LogP contribution is -2.39. The molecule has 2 aromatic heterocycles. The summed E-state index contributed by atoms with van der Waals surface area (Å²) in [4.78, 5) is 40.1. The van der Waals surface area contributed by atoms with Crippen LogP contribution in [0.5, 0.6) is 0 Å². The first kappa shape index (κ1) is 23.1. The van der Waals surface area contributed by atoms with E-state index < -0.39 is 11.2 Å². The van der Waals surface area contributed by atoms with Crippen LogP contribution in [0.3, 0.4) is 0 Å². The van der Waals surface area contributed by atoms with Crippen molar-refractivity contribution in [1.82, 2.24) is 14.5 Å². The first-order valence-corrected chi connectivity index (χ1v) is 11.6. The Hall–Kier alpha value is -4.65. The number of furan rings is 1. The van der Waals surface area contributed by atoms with Gasteiger partial charge in [0.15, 0.2) is 0 Å². The molecule has 1 amide bonds. The monoisotopic (exact) mass is 479 g/mol. The van der Waals surface area contributed by atoms with Crippen molar-refractivity contribution in [2.45, 2.75) is 26.9 Å². The second-order valence-electron chi connectivity index (χ2n) is 8.82. The van der Waals surface area contributed by atoms with Crippen molar-refractivity contribution >= 4 is 16.8 Å². The number of aromatic nitrogens is 2. The zero-order valence-corrected chi connectivity index (χ0v) is 20.0. The van der Waals surface area contributed by atoms with Gasteiger partial charge in [0.2, 0.25) is 0 Å². The van der Waals surface area contributed by atoms with Gasteiger partial charge in [0.25, 0.3) is 11.5 Å². The van der Waals surface area contributed by atoms with E-state index in [9.17, 15) is 14.4 Å². The maximum absolute atomic E-state index is 13.7. The summed E-state index contributed by atoms with van der Waals surface area (Å²) in [6.07, 6.45) is 1.54. The summed E-state index contributed by atoms with van der Waals surface area (Å²) in [7, 11) is 0. The quantitative estimate of drug-likeness (QED) is 0.393. The fraction of sp³-hybridized carbons (Fsp3) is 0.138. The van der Waals surface area contributed by atoms with Crippen molar-refractivity contribution in [2.24, 2.45) is 0 Å². The van der Waals surface area contributed by atoms with E-state index in [1.54, 1.807) is 53.3 Å². The standard InChI is InChI=1S/C29H25N3O4/c1-19-5-9-21(10-6-19)18-31-26-16-22(27(33)30-17-24-4-3-15-36-24)11-14-25(26)28(34)32(29(31)35)23-12-7-20(2)8-13-23/h3-16H,17-18H2,1-2H3,(H,30,33). The Kier molecular flexibility index (Phi) is 6.12. The van der Waals surface area contributed by atoms with Gasteiger partial charge in [-0.05, 0) is 61.9 Å². The zero-order valence-electron chi connectivity index (χ0n) is 20.0. The number of hydrogen-bond acceptors (Lipinski definition) is 4. The van der Waals surface area contributed by atoms with Crippen molar-refractivity contribution < 1.29 is 9.21 Å². The van der Waals surface area contributed by atoms with Gasteiger partial charge in [0.05, 0.1) is 35.9 Å². The number of rotatable bonds is 6. The molecule has 0 aliphatic heterocycles. The van der Waals surface area contributed by atoms with Crippen LogP contribution in [0.1, 0.15) is 32.8 Å². The van der Waals surface area contributed by atoms with Crippen molar-refractivity contribution in [3.63, 3.8) is 0 Å². The van der Waals surface area contributed by atoms with Gasteiger partial charge in [-0.3, -0.25) is 14.2 Å². The molecular formula is C29H25N3O4. The summed E-state index contributed by atoms with van der Waals surface area (Å²) in [6.45, 7) is 4.42. The van der Waals surface area contributed by atoms with Gasteiger partial charge in [-0.1, -0.05) is 47.5 Å². The van der Waals surface area contributed by atoms with Crippen molar-refractivity contribution in [2.75, 3.05) is 0 Å². The number of nitrogens with one attached hydrogen (secondary N) is 1. The molecule has 0 fully saturated rings. The summed E-state index contributed by atoms with van der Waals surface area (Å²) in [5, 5.41) is 3.16. The van der Waals surface area contributed by atoms with Crippen LogP contribution in [0.25, 0.3) is 16.6 Å². The number of carbonyl (C=O) groups excluding carboxylic acids is 1. The summed E-state index contributed by atoms with van der Waals surface area (Å²) in [6, 6.07) is 23.4. The molecule has 5 aromatic rings. The topological polar surface area (TPSA) is 86.2 Å². The van der Waals surface area contributed by atoms with Gasteiger partial charge in [-0.25, -0.2) is 9.36 Å². The van der Waals surface area contributed by atoms with E-state index in [1.807, 2.05) is 50.2 Å². The normalized spacial score (nSPS) is 11.1. The van der Waals surface area contributed by atoms with E-state index in [-0.39, 0.29) is 19.0 Å². The molecule has 3 aromatic carbocycles. The van der Waals surface area contributed by atoms with Crippen molar-refractivity contribution in [3.05, 3.63) is 134 Å². The average molecular weight is 480 g/mol. The number of hydrogen-bond donors (Lipinski definition) is 1. The lowest BCUT2D eigenvalue weighted by molar-refractivity contribution is 0.0948. The smallest absolute Gasteiger partial charge is 0.336 e. The Morgan fingerprint density at radius 1 is 0.889 bits per heavy atom. The fourth-order valence-corrected chi connectivity index (χ4v) is 4.14. The second kappa shape index (κ2) is 9.54. The van der Waals surface area contributed by atoms with Gasteiger partial charge in [-0.15, -0.1) is 0 Å². The molecule has 2 heterocycles. The molecular weight excluding hydrogens is 454 g/mol. The van der Waals surface area contributed by atoms with Crippen LogP contribution >= 0.6 is 0 Å². The highest BCUT2D eigenvalue weighted by Crippen LogP contribution is 2.16. The SMILES string of the molecule is Cc1ccc(Cn2c(=O)n(-c3ccc(C)cc3)c(=O)c3ccc(C(=O)NCc4ccco4)cc32)cc1. The Morgan fingerprint density at radius 3 is 2.25 bits per heavy atom. The van der Waals surface area contributed by atoms with E-state index in [0.29, 0.717) is 27.9 Å². The largest absolute Gasteiger partial charge is 0.467 e. The first-order valence-electron chi connectivity index (χ1n) is 11.6. The minimum atomic E-state index is -0.468. The third-order valence-electron chi connectivity index (χ3n) is 6.16. The van der Waals surface area contributed by atoms with E-state index in [2.05, 4.69) is 5.32 Å². The zero-order chi connectivity index (χ0) is 25.2. The lowest BCUT2D eigenvalue weighted by Gasteiger charge is -2.15. The van der Waals surface area contributed by atoms with Crippen LogP contribution in [0, 0.1) is 13.8 Å². The highest BCUT2D eigenvalue weighted by atomic mass is 16.3. The summed E-state index contributed by atoms with van der Waals surface area (Å²) < 4.78 is 8.01. The maximum Gasteiger partial charge on any atom is 0.336 e. The van der Waals surface area contributed by atoms with Gasteiger partial charge in [0, 0.05) is 5.56 Å². The molecule has 180 valence electrons. The van der Waals surface area contributed by atoms with Crippen LogP contribution in [0.15, 0.2) is 99.1 Å². The van der Waals surface area contributed by atoms with Crippen molar-refractivity contribution in [1.29, 1.82) is 0 Å². The molecule has 0 spiro atoms. The van der Waals surface area contributed by atoms with Crippen LogP contribution in [-0.4, -0.2) is 15.0 Å². The maximum atomic E-state index is 13.7. The van der Waals surface area contributed by atoms with E-state index in [0.717, 1.165) is 16.7 Å². The average Bonchev–Trinajstić information content (AvgIpc) is 3.41. The molecule has 1 N–H and O–H groups in total. The lowest BCUT2D eigenvalue weighted by atomic mass is 10.1. The molecule has 0 aliphatic carbocycles. The van der Waals surface area contributed by atoms with E-state index in [1.165, 1.54) is 4.57 Å². The molecule has 0 saturated carbocycles. The third-order valence-corrected chi connectivity index (χ3v) is 6.16. The third kappa shape index (κ3) is 4.51. The fourth-order valence-electron chi connectivity index (χ4n) is 4.14. The number of nitrogens with zero attached hydrogens (tertiary/aromatic N) is 2. The molecule has 7 heteroatoms. The summed E-state index contributed by atoms with van der Waals surface area (Å²) in [5.41, 5.74) is 3.39. The Labute approximate surface area is 207 Å². The molecule has 7 nitrogen and oxygen atoms in total. The predicted octanol–water partition coefficient (Wildman–Crippen LogP) is 4.34. The number of carbonyl (C=O) groups is 1. The molecule has 5 rings (SSSR count). The van der Waals surface area contributed by atoms with E-state index >= 15 is 0 Å². The van der Waals surface area contributed by atoms with Gasteiger partial charge >= 0.3 is 5.69 Å². The van der Waals surface area contributed by atoms with Gasteiger partial charge in [-0.2, -0.15) is 0 Å². The molecule has 0 unspecified atom stereocenters. The number of benzene rings is 3. The summed E-state index contributed by atoms with van der Waals surface area (Å²) in [5.74, 6) is 0.298. The van der Waals surface area contributed by atoms with Crippen LogP contribution < -0.4 is 16.6 Å². The minimum absolute atomic E-state index is 0.231. The molecule has 0 bridgehead atoms. The molecule has 36 heavy (non-hydrogen) atoms.